The Morgan fingerprint density at radius 2 is 1.57 bits per heavy atom. The number of aliphatic hydroxyl groups is 1. The fourth-order valence-corrected chi connectivity index (χ4v) is 7.03. The molecule has 0 saturated carbocycles. The van der Waals surface area contributed by atoms with Crippen LogP contribution in [0.2, 0.25) is 18.6 Å². The van der Waals surface area contributed by atoms with E-state index < -0.39 is 20.5 Å². The van der Waals surface area contributed by atoms with Crippen molar-refractivity contribution in [2.24, 2.45) is 0 Å². The molecule has 37 heavy (non-hydrogen) atoms. The summed E-state index contributed by atoms with van der Waals surface area (Å²) in [5, 5.41) is 12.3. The quantitative estimate of drug-likeness (QED) is 0.158. The van der Waals surface area contributed by atoms with Crippen LogP contribution in [0.15, 0.2) is 84.9 Å². The molecule has 0 radical (unpaired) electrons. The Balaban J connectivity index is 1.80. The highest BCUT2D eigenvalue weighted by molar-refractivity contribution is 6.91. The van der Waals surface area contributed by atoms with Gasteiger partial charge >= 0.3 is 6.36 Å². The minimum atomic E-state index is -4.75. The second kappa shape index (κ2) is 13.1. The van der Waals surface area contributed by atoms with Gasteiger partial charge in [0.05, 0.1) is 20.8 Å². The molecule has 4 nitrogen and oxygen atoms in total. The van der Waals surface area contributed by atoms with Gasteiger partial charge in [0.2, 0.25) is 0 Å². The molecule has 0 amide bonds. The van der Waals surface area contributed by atoms with E-state index in [1.165, 1.54) is 29.5 Å². The first-order valence-corrected chi connectivity index (χ1v) is 15.1. The second-order valence-electron chi connectivity index (χ2n) is 9.42. The molecule has 0 saturated heterocycles. The van der Waals surface area contributed by atoms with Crippen LogP contribution in [0.4, 0.5) is 13.2 Å². The summed E-state index contributed by atoms with van der Waals surface area (Å²) in [5.74, 6) is -0.310. The fourth-order valence-electron chi connectivity index (χ4n) is 4.16. The van der Waals surface area contributed by atoms with E-state index in [9.17, 15) is 18.3 Å². The smallest absolute Gasteiger partial charge is 0.406 e. The van der Waals surface area contributed by atoms with Gasteiger partial charge in [-0.1, -0.05) is 97.2 Å². The van der Waals surface area contributed by atoms with Crippen LogP contribution in [0.25, 0.3) is 6.08 Å². The summed E-state index contributed by atoms with van der Waals surface area (Å²) in [6, 6.07) is 23.7. The zero-order chi connectivity index (χ0) is 26.9. The maximum atomic E-state index is 12.5. The third-order valence-corrected chi connectivity index (χ3v) is 10.5. The lowest BCUT2D eigenvalue weighted by Gasteiger charge is -2.33. The number of benzene rings is 3. The first kappa shape index (κ1) is 28.7. The van der Waals surface area contributed by atoms with Crippen molar-refractivity contribution < 1.29 is 32.5 Å². The summed E-state index contributed by atoms with van der Waals surface area (Å²) < 4.78 is 51.7. The van der Waals surface area contributed by atoms with E-state index in [0.717, 1.165) is 11.1 Å². The normalized spacial score (nSPS) is 14.0. The Morgan fingerprint density at radius 1 is 0.919 bits per heavy atom. The molecule has 0 aromatic heterocycles. The van der Waals surface area contributed by atoms with Crippen molar-refractivity contribution in [2.45, 2.75) is 44.1 Å². The van der Waals surface area contributed by atoms with Crippen LogP contribution in [0.1, 0.15) is 29.2 Å². The van der Waals surface area contributed by atoms with Gasteiger partial charge in [-0.25, -0.2) is 0 Å². The predicted octanol–water partition coefficient (Wildman–Crippen LogP) is 6.83. The topological polar surface area (TPSA) is 47.9 Å². The van der Waals surface area contributed by atoms with Gasteiger partial charge in [-0.2, -0.15) is 0 Å². The Bertz CT molecular complexity index is 1110. The molecule has 0 bridgehead atoms. The maximum absolute atomic E-state index is 12.5. The third kappa shape index (κ3) is 8.86. The van der Waals surface area contributed by atoms with Gasteiger partial charge in [0, 0.05) is 7.11 Å². The highest BCUT2D eigenvalue weighted by Gasteiger charge is 2.34. The van der Waals surface area contributed by atoms with Gasteiger partial charge in [0.15, 0.2) is 0 Å². The molecule has 3 aromatic rings. The number of methoxy groups -OCH3 is 1. The molecular formula is C29H33F3O4Si. The van der Waals surface area contributed by atoms with Gasteiger partial charge in [-0.15, -0.1) is 13.2 Å². The van der Waals surface area contributed by atoms with Crippen molar-refractivity contribution in [1.82, 2.24) is 0 Å². The Kier molecular flexibility index (Phi) is 10.1. The average molecular weight is 531 g/mol. The molecular weight excluding hydrogens is 497 g/mol. The SMILES string of the molecule is COCOCc1ccc(/C=C/[C@@H](C[C@H](O)c2ccc(OC(F)(F)F)cc2)[Si](C)(C)c2ccccc2)cc1. The van der Waals surface area contributed by atoms with Crippen molar-refractivity contribution in [1.29, 1.82) is 0 Å². The van der Waals surface area contributed by atoms with E-state index in [0.29, 0.717) is 18.6 Å². The monoisotopic (exact) mass is 530 g/mol. The van der Waals surface area contributed by atoms with E-state index in [1.807, 2.05) is 42.5 Å². The average Bonchev–Trinajstić information content (AvgIpc) is 2.87. The summed E-state index contributed by atoms with van der Waals surface area (Å²) in [4.78, 5) is 0. The lowest BCUT2D eigenvalue weighted by Crippen LogP contribution is -2.45. The van der Waals surface area contributed by atoms with Crippen molar-refractivity contribution in [3.63, 3.8) is 0 Å². The van der Waals surface area contributed by atoms with Gasteiger partial charge < -0.3 is 19.3 Å². The highest BCUT2D eigenvalue weighted by atomic mass is 28.3. The first-order valence-electron chi connectivity index (χ1n) is 12.0. The van der Waals surface area contributed by atoms with Crippen molar-refractivity contribution >= 4 is 19.3 Å². The number of alkyl halides is 3. The predicted molar refractivity (Wildman–Crippen MR) is 142 cm³/mol. The van der Waals surface area contributed by atoms with E-state index in [2.05, 4.69) is 42.1 Å². The summed E-state index contributed by atoms with van der Waals surface area (Å²) in [5.41, 5.74) is 2.67. The number of allylic oxidation sites excluding steroid dienone is 1. The largest absolute Gasteiger partial charge is 0.573 e. The number of ether oxygens (including phenoxy) is 3. The second-order valence-corrected chi connectivity index (χ2v) is 14.2. The minimum Gasteiger partial charge on any atom is -0.406 e. The number of hydrogen-bond acceptors (Lipinski definition) is 4. The first-order chi connectivity index (χ1) is 17.6. The van der Waals surface area contributed by atoms with Crippen LogP contribution in [0.5, 0.6) is 5.75 Å². The van der Waals surface area contributed by atoms with Crippen molar-refractivity contribution in [2.75, 3.05) is 13.9 Å². The van der Waals surface area contributed by atoms with Gasteiger partial charge in [-0.3, -0.25) is 0 Å². The molecule has 0 aliphatic heterocycles. The summed E-state index contributed by atoms with van der Waals surface area (Å²) >= 11 is 0. The van der Waals surface area contributed by atoms with E-state index in [1.54, 1.807) is 7.11 Å². The molecule has 3 aromatic carbocycles. The molecule has 2 atom stereocenters. The summed E-state index contributed by atoms with van der Waals surface area (Å²) in [6.45, 7) is 5.23. The van der Waals surface area contributed by atoms with Crippen LogP contribution in [0, 0.1) is 0 Å². The Labute approximate surface area is 217 Å². The minimum absolute atomic E-state index is 0.0562. The molecule has 8 heteroatoms. The lowest BCUT2D eigenvalue weighted by atomic mass is 10.0. The van der Waals surface area contributed by atoms with E-state index in [4.69, 9.17) is 9.47 Å². The molecule has 1 N–H and O–H groups in total. The Morgan fingerprint density at radius 3 is 2.16 bits per heavy atom. The fraction of sp³-hybridized carbons (Fsp3) is 0.310. The van der Waals surface area contributed by atoms with Crippen LogP contribution in [-0.2, 0) is 16.1 Å². The maximum Gasteiger partial charge on any atom is 0.573 e. The zero-order valence-corrected chi connectivity index (χ0v) is 22.2. The molecule has 0 unspecified atom stereocenters. The van der Waals surface area contributed by atoms with Crippen LogP contribution >= 0.6 is 0 Å². The zero-order valence-electron chi connectivity index (χ0n) is 21.2. The molecule has 0 heterocycles. The number of rotatable bonds is 12. The molecule has 0 spiro atoms. The molecule has 0 aliphatic rings. The van der Waals surface area contributed by atoms with E-state index >= 15 is 0 Å². The van der Waals surface area contributed by atoms with Crippen LogP contribution in [0.3, 0.4) is 0 Å². The number of hydrogen-bond donors (Lipinski definition) is 1. The molecule has 198 valence electrons. The summed E-state index contributed by atoms with van der Waals surface area (Å²) in [6.07, 6.45) is -0.941. The molecule has 3 rings (SSSR count). The van der Waals surface area contributed by atoms with Gasteiger partial charge in [-0.05, 0) is 40.8 Å². The third-order valence-electron chi connectivity index (χ3n) is 6.39. The van der Waals surface area contributed by atoms with Crippen LogP contribution < -0.4 is 9.92 Å². The van der Waals surface area contributed by atoms with Gasteiger partial charge in [0.25, 0.3) is 0 Å². The number of aliphatic hydroxyl groups excluding tert-OH is 1. The van der Waals surface area contributed by atoms with Crippen molar-refractivity contribution in [3.05, 3.63) is 102 Å². The van der Waals surface area contributed by atoms with Crippen LogP contribution in [-0.4, -0.2) is 33.4 Å². The standard InChI is InChI=1S/C29H33F3O4Si/c1-34-21-35-20-23-11-9-22(10-12-23)13-18-27(37(2,3)26-7-5-4-6-8-26)19-28(33)24-14-16-25(17-15-24)36-29(30,31)32/h4-18,27-28,33H,19-21H2,1-3H3/b18-13+/t27-,28-/m0/s1. The molecule has 0 fully saturated rings. The van der Waals surface area contributed by atoms with E-state index in [-0.39, 0.29) is 18.1 Å². The number of halogens is 3. The lowest BCUT2D eigenvalue weighted by molar-refractivity contribution is -0.274. The van der Waals surface area contributed by atoms with Gasteiger partial charge in [0.1, 0.15) is 12.5 Å². The Hall–Kier alpha value is -2.91. The summed E-state index contributed by atoms with van der Waals surface area (Å²) in [7, 11) is -0.506. The van der Waals surface area contributed by atoms with Crippen molar-refractivity contribution in [3.8, 4) is 5.75 Å². The molecule has 0 aliphatic carbocycles. The highest BCUT2D eigenvalue weighted by Crippen LogP contribution is 2.35.